The van der Waals surface area contributed by atoms with Gasteiger partial charge in [0, 0.05) is 11.4 Å². The van der Waals surface area contributed by atoms with Gasteiger partial charge in [0.05, 0.1) is 36.1 Å². The van der Waals surface area contributed by atoms with Crippen molar-refractivity contribution in [2.75, 3.05) is 11.9 Å². The first-order valence-electron chi connectivity index (χ1n) is 8.53. The summed E-state index contributed by atoms with van der Waals surface area (Å²) in [5.74, 6) is 0.528. The molecule has 4 rings (SSSR count). The predicted molar refractivity (Wildman–Crippen MR) is 96.2 cm³/mol. The third kappa shape index (κ3) is 3.50. The fourth-order valence-corrected chi connectivity index (χ4v) is 3.49. The monoisotopic (exact) mass is 387 g/mol. The molecule has 140 valence electrons. The van der Waals surface area contributed by atoms with Crippen LogP contribution in [0.4, 0.5) is 5.13 Å². The number of nitrogens with one attached hydrogen (secondary N) is 1. The van der Waals surface area contributed by atoms with Crippen LogP contribution in [0.3, 0.4) is 0 Å². The summed E-state index contributed by atoms with van der Waals surface area (Å²) in [5.41, 5.74) is 0.441. The van der Waals surface area contributed by atoms with Crippen LogP contribution in [0.1, 0.15) is 31.2 Å². The molecule has 0 radical (unpaired) electrons. The number of rotatable bonds is 7. The van der Waals surface area contributed by atoms with Gasteiger partial charge in [-0.25, -0.2) is 4.98 Å². The van der Waals surface area contributed by atoms with E-state index in [-0.39, 0.29) is 18.3 Å². The minimum Gasteiger partial charge on any atom is -0.466 e. The summed E-state index contributed by atoms with van der Waals surface area (Å²) in [6.07, 6.45) is 3.00. The van der Waals surface area contributed by atoms with Crippen LogP contribution < -0.4 is 5.32 Å². The number of ether oxygens (including phenoxy) is 1. The fraction of sp³-hybridized carbons (Fsp3) is 0.333. The molecule has 1 aliphatic rings. The van der Waals surface area contributed by atoms with E-state index in [9.17, 15) is 9.59 Å². The lowest BCUT2D eigenvalue weighted by molar-refractivity contribution is -0.142. The number of amides is 1. The molecule has 1 fully saturated rings. The second-order valence-electron chi connectivity index (χ2n) is 6.22. The largest absolute Gasteiger partial charge is 0.466 e. The van der Waals surface area contributed by atoms with E-state index in [2.05, 4.69) is 15.5 Å². The Balaban J connectivity index is 1.44. The Morgan fingerprint density at radius 1 is 1.37 bits per heavy atom. The second kappa shape index (κ2) is 6.99. The van der Waals surface area contributed by atoms with E-state index in [4.69, 9.17) is 13.7 Å². The van der Waals surface area contributed by atoms with E-state index >= 15 is 0 Å². The molecular formula is C18H17N3O5S. The molecule has 1 amide bonds. The Labute approximate surface area is 158 Å². The van der Waals surface area contributed by atoms with Crippen LogP contribution >= 0.6 is 11.3 Å². The van der Waals surface area contributed by atoms with Crippen molar-refractivity contribution in [3.8, 4) is 11.5 Å². The van der Waals surface area contributed by atoms with E-state index in [0.717, 1.165) is 0 Å². The van der Waals surface area contributed by atoms with Crippen LogP contribution in [0.25, 0.3) is 11.5 Å². The highest BCUT2D eigenvalue weighted by Gasteiger charge is 2.54. The van der Waals surface area contributed by atoms with Crippen molar-refractivity contribution in [3.63, 3.8) is 0 Å². The van der Waals surface area contributed by atoms with Crippen molar-refractivity contribution in [3.05, 3.63) is 41.2 Å². The number of anilines is 1. The number of thiazole rings is 1. The predicted octanol–water partition coefficient (Wildman–Crippen LogP) is 3.17. The number of hydrogen-bond acceptors (Lipinski definition) is 8. The maximum atomic E-state index is 12.8. The number of hydrogen-bond donors (Lipinski definition) is 1. The average Bonchev–Trinajstić information content (AvgIpc) is 3.04. The molecule has 9 heteroatoms. The highest BCUT2D eigenvalue weighted by atomic mass is 32.1. The third-order valence-corrected chi connectivity index (χ3v) is 5.16. The molecule has 8 nitrogen and oxygen atoms in total. The first-order valence-corrected chi connectivity index (χ1v) is 9.41. The SMILES string of the molecule is CCOC(=O)Cc1csc(NC(=O)C2(c3cc(-c4ccco4)on3)CC2)n1. The summed E-state index contributed by atoms with van der Waals surface area (Å²) >= 11 is 1.27. The molecule has 0 aromatic carbocycles. The van der Waals surface area contributed by atoms with Crippen molar-refractivity contribution in [2.24, 2.45) is 0 Å². The molecule has 1 saturated carbocycles. The number of nitrogens with zero attached hydrogens (tertiary/aromatic N) is 2. The molecule has 0 aliphatic heterocycles. The van der Waals surface area contributed by atoms with E-state index in [1.54, 1.807) is 36.8 Å². The Bertz CT molecular complexity index is 955. The number of esters is 1. The van der Waals surface area contributed by atoms with Gasteiger partial charge >= 0.3 is 5.97 Å². The first kappa shape index (κ1) is 17.5. The van der Waals surface area contributed by atoms with Gasteiger partial charge in [-0.1, -0.05) is 5.16 Å². The van der Waals surface area contributed by atoms with Crippen molar-refractivity contribution < 1.29 is 23.3 Å². The number of carbonyl (C=O) groups is 2. The lowest BCUT2D eigenvalue weighted by Crippen LogP contribution is -2.28. The molecule has 3 aromatic heterocycles. The smallest absolute Gasteiger partial charge is 0.311 e. The van der Waals surface area contributed by atoms with Crippen molar-refractivity contribution in [1.82, 2.24) is 10.1 Å². The Morgan fingerprint density at radius 2 is 2.22 bits per heavy atom. The van der Waals surface area contributed by atoms with Crippen LogP contribution in [0.2, 0.25) is 0 Å². The molecular weight excluding hydrogens is 370 g/mol. The zero-order valence-corrected chi connectivity index (χ0v) is 15.4. The summed E-state index contributed by atoms with van der Waals surface area (Å²) in [6, 6.07) is 5.26. The van der Waals surface area contributed by atoms with Crippen molar-refractivity contribution in [1.29, 1.82) is 0 Å². The molecule has 27 heavy (non-hydrogen) atoms. The standard InChI is InChI=1S/C18H17N3O5S/c1-2-24-15(22)8-11-10-27-17(19-11)20-16(23)18(5-6-18)14-9-13(26-21-14)12-4-3-7-25-12/h3-4,7,9-10H,2,5-6,8H2,1H3,(H,19,20,23). The fourth-order valence-electron chi connectivity index (χ4n) is 2.78. The quantitative estimate of drug-likeness (QED) is 0.620. The van der Waals surface area contributed by atoms with Gasteiger partial charge in [0.2, 0.25) is 11.7 Å². The normalized spacial score (nSPS) is 14.7. The van der Waals surface area contributed by atoms with E-state index in [1.165, 1.54) is 11.3 Å². The van der Waals surface area contributed by atoms with Gasteiger partial charge in [-0.15, -0.1) is 11.3 Å². The number of carbonyl (C=O) groups excluding carboxylic acids is 2. The lowest BCUT2D eigenvalue weighted by Gasteiger charge is -2.10. The van der Waals surface area contributed by atoms with Gasteiger partial charge in [0.15, 0.2) is 10.9 Å². The molecule has 1 aliphatic carbocycles. The van der Waals surface area contributed by atoms with Crippen LogP contribution in [0.5, 0.6) is 0 Å². The van der Waals surface area contributed by atoms with Crippen LogP contribution in [0, 0.1) is 0 Å². The van der Waals surface area contributed by atoms with Gasteiger partial charge in [-0.2, -0.15) is 0 Å². The topological polar surface area (TPSA) is 107 Å². The maximum Gasteiger partial charge on any atom is 0.311 e. The Morgan fingerprint density at radius 3 is 2.93 bits per heavy atom. The zero-order chi connectivity index (χ0) is 18.9. The van der Waals surface area contributed by atoms with Crippen LogP contribution in [-0.4, -0.2) is 28.6 Å². The van der Waals surface area contributed by atoms with Crippen LogP contribution in [0.15, 0.2) is 38.8 Å². The van der Waals surface area contributed by atoms with Gasteiger partial charge in [0.25, 0.3) is 0 Å². The number of aromatic nitrogens is 2. The zero-order valence-electron chi connectivity index (χ0n) is 14.6. The highest BCUT2D eigenvalue weighted by molar-refractivity contribution is 7.14. The molecule has 1 N–H and O–H groups in total. The molecule has 0 unspecified atom stereocenters. The summed E-state index contributed by atoms with van der Waals surface area (Å²) < 4.78 is 15.5. The summed E-state index contributed by atoms with van der Waals surface area (Å²) in [5, 5.41) is 9.06. The van der Waals surface area contributed by atoms with Gasteiger partial charge in [-0.3, -0.25) is 9.59 Å². The van der Waals surface area contributed by atoms with Crippen molar-refractivity contribution in [2.45, 2.75) is 31.6 Å². The minimum absolute atomic E-state index is 0.0845. The Hall–Kier alpha value is -2.94. The summed E-state index contributed by atoms with van der Waals surface area (Å²) in [4.78, 5) is 28.6. The van der Waals surface area contributed by atoms with Crippen molar-refractivity contribution >= 4 is 28.3 Å². The minimum atomic E-state index is -0.707. The van der Waals surface area contributed by atoms with E-state index < -0.39 is 5.41 Å². The highest BCUT2D eigenvalue weighted by Crippen LogP contribution is 2.49. The number of furan rings is 1. The first-order chi connectivity index (χ1) is 13.1. The molecule has 0 spiro atoms. The van der Waals surface area contributed by atoms with E-state index in [0.29, 0.717) is 47.5 Å². The molecule has 3 aromatic rings. The molecule has 0 atom stereocenters. The average molecular weight is 387 g/mol. The molecule has 0 bridgehead atoms. The van der Waals surface area contributed by atoms with E-state index in [1.807, 2.05) is 0 Å². The van der Waals surface area contributed by atoms with Gasteiger partial charge in [0.1, 0.15) is 0 Å². The third-order valence-electron chi connectivity index (χ3n) is 4.35. The van der Waals surface area contributed by atoms with Gasteiger partial charge < -0.3 is 19.0 Å². The Kier molecular flexibility index (Phi) is 4.53. The van der Waals surface area contributed by atoms with Gasteiger partial charge in [-0.05, 0) is 31.9 Å². The molecule has 3 heterocycles. The summed E-state index contributed by atoms with van der Waals surface area (Å²) in [7, 11) is 0. The van der Waals surface area contributed by atoms with Crippen LogP contribution in [-0.2, 0) is 26.2 Å². The maximum absolute atomic E-state index is 12.8. The summed E-state index contributed by atoms with van der Waals surface area (Å²) in [6.45, 7) is 2.08. The molecule has 0 saturated heterocycles. The lowest BCUT2D eigenvalue weighted by atomic mass is 10.0. The second-order valence-corrected chi connectivity index (χ2v) is 7.07.